The van der Waals surface area contributed by atoms with Crippen molar-refractivity contribution in [3.8, 4) is 11.5 Å². The molecule has 11 heteroatoms. The summed E-state index contributed by atoms with van der Waals surface area (Å²) in [5, 5.41) is 17.5. The number of carboxylic acids is 1. The smallest absolute Gasteiger partial charge is 0.305 e. The van der Waals surface area contributed by atoms with Crippen LogP contribution in [0.5, 0.6) is 11.5 Å². The number of hydrogen-bond acceptors (Lipinski definition) is 6. The first-order valence-electron chi connectivity index (χ1n) is 16.4. The Morgan fingerprint density at radius 1 is 0.840 bits per heavy atom. The Morgan fingerprint density at radius 3 is 2.18 bits per heavy atom. The molecule has 0 radical (unpaired) electrons. The number of fused-ring (bicyclic) bond motifs is 2. The first kappa shape index (κ1) is 33.8. The minimum atomic E-state index is -1.03. The molecule has 2 heterocycles. The van der Waals surface area contributed by atoms with E-state index in [0.29, 0.717) is 30.7 Å². The molecule has 0 bridgehead atoms. The van der Waals surface area contributed by atoms with Gasteiger partial charge in [-0.1, -0.05) is 48.5 Å². The molecular formula is C39H39N5O6. The van der Waals surface area contributed by atoms with Crippen molar-refractivity contribution in [1.29, 1.82) is 0 Å². The SMILES string of the molecule is COc1ccc(C[C@H](N)C(=O)Nc2ccc(C(=O)N[C@H](CC(=O)O)Cc3c[nH]c4ccccc34)cc2OCCc2c[nH]c3ccccc23)cc1. The minimum absolute atomic E-state index is 0.252. The van der Waals surface area contributed by atoms with Crippen LogP contribution in [0.3, 0.4) is 0 Å². The molecule has 6 aromatic rings. The predicted octanol–water partition coefficient (Wildman–Crippen LogP) is 5.60. The second-order valence-corrected chi connectivity index (χ2v) is 12.1. The molecule has 0 aliphatic carbocycles. The second kappa shape index (κ2) is 15.4. The molecule has 0 aliphatic heterocycles. The molecule has 4 aromatic carbocycles. The summed E-state index contributed by atoms with van der Waals surface area (Å²) in [4.78, 5) is 45.1. The van der Waals surface area contributed by atoms with Crippen LogP contribution in [0.15, 0.2) is 103 Å². The van der Waals surface area contributed by atoms with Crippen LogP contribution in [0.2, 0.25) is 0 Å². The lowest BCUT2D eigenvalue weighted by Gasteiger charge is -2.19. The van der Waals surface area contributed by atoms with E-state index < -0.39 is 29.9 Å². The Bertz CT molecular complexity index is 2120. The van der Waals surface area contributed by atoms with Crippen molar-refractivity contribution in [2.75, 3.05) is 19.0 Å². The van der Waals surface area contributed by atoms with Crippen molar-refractivity contribution >= 4 is 45.3 Å². The number of ether oxygens (including phenoxy) is 2. The highest BCUT2D eigenvalue weighted by Crippen LogP contribution is 2.28. The Hall–Kier alpha value is -6.07. The van der Waals surface area contributed by atoms with Crippen molar-refractivity contribution in [1.82, 2.24) is 15.3 Å². The molecule has 50 heavy (non-hydrogen) atoms. The summed E-state index contributed by atoms with van der Waals surface area (Å²) in [5.41, 5.74) is 11.7. The van der Waals surface area contributed by atoms with Crippen LogP contribution in [0.1, 0.15) is 33.5 Å². The van der Waals surface area contributed by atoms with Crippen molar-refractivity contribution in [3.63, 3.8) is 0 Å². The van der Waals surface area contributed by atoms with Gasteiger partial charge in [-0.2, -0.15) is 0 Å². The predicted molar refractivity (Wildman–Crippen MR) is 193 cm³/mol. The van der Waals surface area contributed by atoms with Gasteiger partial charge in [-0.25, -0.2) is 0 Å². The molecule has 0 fully saturated rings. The van der Waals surface area contributed by atoms with Crippen LogP contribution in [0.25, 0.3) is 21.8 Å². The number of para-hydroxylation sites is 2. The van der Waals surface area contributed by atoms with Gasteiger partial charge < -0.3 is 40.9 Å². The van der Waals surface area contributed by atoms with Crippen molar-refractivity contribution < 1.29 is 29.0 Å². The first-order valence-corrected chi connectivity index (χ1v) is 16.4. The third-order valence-electron chi connectivity index (χ3n) is 8.65. The summed E-state index contributed by atoms with van der Waals surface area (Å²) in [6.45, 7) is 0.260. The number of carbonyl (C=O) groups is 3. The molecule has 0 saturated carbocycles. The number of anilines is 1. The monoisotopic (exact) mass is 673 g/mol. The summed E-state index contributed by atoms with van der Waals surface area (Å²) in [5.74, 6) is -0.918. The molecule has 0 spiro atoms. The molecule has 7 N–H and O–H groups in total. The van der Waals surface area contributed by atoms with E-state index in [1.54, 1.807) is 25.3 Å². The van der Waals surface area contributed by atoms with Gasteiger partial charge in [0, 0.05) is 52.2 Å². The van der Waals surface area contributed by atoms with Gasteiger partial charge >= 0.3 is 5.97 Å². The van der Waals surface area contributed by atoms with E-state index in [2.05, 4.69) is 20.6 Å². The van der Waals surface area contributed by atoms with E-state index in [9.17, 15) is 19.5 Å². The number of hydrogen-bond donors (Lipinski definition) is 6. The molecule has 6 rings (SSSR count). The third-order valence-corrected chi connectivity index (χ3v) is 8.65. The van der Waals surface area contributed by atoms with Crippen LogP contribution in [0.4, 0.5) is 5.69 Å². The zero-order valence-electron chi connectivity index (χ0n) is 27.6. The number of carbonyl (C=O) groups excluding carboxylic acids is 2. The van der Waals surface area contributed by atoms with Gasteiger partial charge in [0.25, 0.3) is 5.91 Å². The normalized spacial score (nSPS) is 12.4. The highest BCUT2D eigenvalue weighted by Gasteiger charge is 2.22. The zero-order valence-corrected chi connectivity index (χ0v) is 27.6. The number of aliphatic carboxylic acids is 1. The van der Waals surface area contributed by atoms with Crippen molar-refractivity contribution in [2.24, 2.45) is 5.73 Å². The van der Waals surface area contributed by atoms with E-state index in [-0.39, 0.29) is 24.3 Å². The third kappa shape index (κ3) is 8.13. The van der Waals surface area contributed by atoms with Crippen molar-refractivity contribution in [2.45, 2.75) is 37.8 Å². The number of amides is 2. The molecule has 2 amide bonds. The van der Waals surface area contributed by atoms with Crippen LogP contribution in [-0.4, -0.2) is 58.7 Å². The molecule has 256 valence electrons. The highest BCUT2D eigenvalue weighted by molar-refractivity contribution is 5.99. The van der Waals surface area contributed by atoms with Gasteiger partial charge in [-0.3, -0.25) is 14.4 Å². The summed E-state index contributed by atoms with van der Waals surface area (Å²) < 4.78 is 11.4. The number of nitrogens with one attached hydrogen (secondary N) is 4. The van der Waals surface area contributed by atoms with E-state index >= 15 is 0 Å². The number of methoxy groups -OCH3 is 1. The number of nitrogens with two attached hydrogens (primary N) is 1. The standard InChI is InChI=1S/C39H39N5O6/c1-49-29-13-10-24(11-14-29)18-32(40)39(48)44-35-15-12-25(20-36(35)50-17-16-26-22-41-33-8-4-2-6-30(26)33)38(47)43-28(21-37(45)46)19-27-23-42-34-9-5-3-7-31(27)34/h2-15,20,22-23,28,32,41-42H,16-19,21,40H2,1H3,(H,43,47)(H,44,48)(H,45,46)/t28-,32-/m0/s1. The molecular weight excluding hydrogens is 634 g/mol. The number of aromatic nitrogens is 2. The number of H-pyrrole nitrogens is 2. The Morgan fingerprint density at radius 2 is 1.50 bits per heavy atom. The molecule has 2 atom stereocenters. The maximum atomic E-state index is 13.6. The zero-order chi connectivity index (χ0) is 35.0. The fourth-order valence-electron chi connectivity index (χ4n) is 6.05. The average Bonchev–Trinajstić information content (AvgIpc) is 3.73. The van der Waals surface area contributed by atoms with E-state index in [1.165, 1.54) is 0 Å². The van der Waals surface area contributed by atoms with Crippen LogP contribution >= 0.6 is 0 Å². The van der Waals surface area contributed by atoms with E-state index in [4.69, 9.17) is 15.2 Å². The van der Waals surface area contributed by atoms with Gasteiger partial charge in [0.05, 0.1) is 31.9 Å². The van der Waals surface area contributed by atoms with Crippen molar-refractivity contribution in [3.05, 3.63) is 126 Å². The largest absolute Gasteiger partial charge is 0.497 e. The van der Waals surface area contributed by atoms with Gasteiger partial charge in [-0.15, -0.1) is 0 Å². The number of carboxylic acid groups (broad SMARTS) is 1. The van der Waals surface area contributed by atoms with E-state index in [0.717, 1.165) is 38.5 Å². The Labute approximate surface area is 288 Å². The number of rotatable bonds is 15. The van der Waals surface area contributed by atoms with Gasteiger partial charge in [0.1, 0.15) is 11.5 Å². The maximum absolute atomic E-state index is 13.6. The van der Waals surface area contributed by atoms with Crippen LogP contribution < -0.4 is 25.8 Å². The second-order valence-electron chi connectivity index (χ2n) is 12.1. The summed E-state index contributed by atoms with van der Waals surface area (Å²) in [7, 11) is 1.59. The lowest BCUT2D eigenvalue weighted by molar-refractivity contribution is -0.137. The molecule has 2 aromatic heterocycles. The Balaban J connectivity index is 1.20. The summed E-state index contributed by atoms with van der Waals surface area (Å²) >= 11 is 0. The fraction of sp³-hybridized carbons (Fsp3) is 0.205. The molecule has 0 saturated heterocycles. The first-order chi connectivity index (χ1) is 24.3. The van der Waals surface area contributed by atoms with Gasteiger partial charge in [-0.05, 0) is 72.0 Å². The average molecular weight is 674 g/mol. The molecule has 0 aliphatic rings. The number of benzene rings is 4. The fourth-order valence-corrected chi connectivity index (χ4v) is 6.05. The number of aromatic amines is 2. The summed E-state index contributed by atoms with van der Waals surface area (Å²) in [6, 6.07) is 26.2. The highest BCUT2D eigenvalue weighted by atomic mass is 16.5. The summed E-state index contributed by atoms with van der Waals surface area (Å²) in [6.07, 6.45) is 4.69. The van der Waals surface area contributed by atoms with Crippen LogP contribution in [-0.2, 0) is 28.9 Å². The minimum Gasteiger partial charge on any atom is -0.497 e. The lowest BCUT2D eigenvalue weighted by Crippen LogP contribution is -2.38. The quantitative estimate of drug-likeness (QED) is 0.0823. The van der Waals surface area contributed by atoms with Gasteiger partial charge in [0.15, 0.2) is 0 Å². The maximum Gasteiger partial charge on any atom is 0.305 e. The van der Waals surface area contributed by atoms with Crippen LogP contribution in [0, 0.1) is 0 Å². The van der Waals surface area contributed by atoms with E-state index in [1.807, 2.05) is 85.2 Å². The molecule has 11 nitrogen and oxygen atoms in total. The van der Waals surface area contributed by atoms with Gasteiger partial charge in [0.2, 0.25) is 5.91 Å². The molecule has 0 unspecified atom stereocenters. The topological polar surface area (TPSA) is 172 Å². The Kier molecular flexibility index (Phi) is 10.4. The lowest BCUT2D eigenvalue weighted by atomic mass is 10.0.